The Morgan fingerprint density at radius 2 is 2.25 bits per heavy atom. The molecule has 0 aliphatic rings. The van der Waals surface area contributed by atoms with Crippen molar-refractivity contribution >= 4 is 4.29 Å². The monoisotopic (exact) mass is 171 g/mol. The van der Waals surface area contributed by atoms with Crippen LogP contribution in [0.3, 0.4) is 0 Å². The molecule has 0 rings (SSSR count). The molecule has 0 aliphatic heterocycles. The summed E-state index contributed by atoms with van der Waals surface area (Å²) in [5.74, 6) is 0. The molecule has 0 aliphatic carbocycles. The molecule has 0 saturated heterocycles. The van der Waals surface area contributed by atoms with Gasteiger partial charge in [-0.15, -0.1) is 0 Å². The van der Waals surface area contributed by atoms with E-state index in [1.54, 1.807) is 0 Å². The Balaban J connectivity index is 2.30. The van der Waals surface area contributed by atoms with Crippen LogP contribution in [0.15, 0.2) is 0 Å². The molecule has 0 fully saturated rings. The second-order valence-corrected chi connectivity index (χ2v) is 2.06. The average Bonchev–Trinajstić information content (AvgIpc) is 1.37. The van der Waals surface area contributed by atoms with Gasteiger partial charge in [-0.25, -0.2) is 0 Å². The molecule has 0 atom stereocenters. The first kappa shape index (κ1) is 4.40. The van der Waals surface area contributed by atoms with Crippen molar-refractivity contribution in [2.45, 2.75) is 0 Å². The van der Waals surface area contributed by atoms with Gasteiger partial charge >= 0.3 is 35.2 Å². The first-order chi connectivity index (χ1) is 1.91. The second-order valence-electron chi connectivity index (χ2n) is 0.307. The minimum absolute atomic E-state index is 0.0700. The second kappa shape index (κ2) is 3.40. The summed E-state index contributed by atoms with van der Waals surface area (Å²) in [6.45, 7) is 0. The maximum atomic E-state index is 9.22. The van der Waals surface area contributed by atoms with Crippen molar-refractivity contribution in [3.05, 3.63) is 0 Å². The van der Waals surface area contributed by atoms with Gasteiger partial charge in [0.15, 0.2) is 0 Å². The van der Waals surface area contributed by atoms with Gasteiger partial charge in [-0.2, -0.15) is 0 Å². The first-order valence-electron chi connectivity index (χ1n) is 0.832. The van der Waals surface area contributed by atoms with E-state index in [4.69, 9.17) is 0 Å². The molecule has 0 N–H and O–H groups in total. The Kier molecular flexibility index (Phi) is 3.74. The molecule has 0 aromatic rings. The van der Waals surface area contributed by atoms with Gasteiger partial charge in [0.2, 0.25) is 0 Å². The minimum atomic E-state index is -0.0700. The van der Waals surface area contributed by atoms with Crippen molar-refractivity contribution in [2.24, 2.45) is 0 Å². The zero-order chi connectivity index (χ0) is 3.41. The predicted molar refractivity (Wildman–Crippen MR) is 12.7 cm³/mol. The number of rotatable bonds is 1. The van der Waals surface area contributed by atoms with Crippen molar-refractivity contribution in [3.8, 4) is 0 Å². The molecule has 0 amide bonds. The van der Waals surface area contributed by atoms with Crippen LogP contribution in [0, 0.1) is 0 Å². The van der Waals surface area contributed by atoms with Crippen LogP contribution in [0.25, 0.3) is 0 Å². The number of hydrogen-bond acceptors (Lipinski definition) is 1. The summed E-state index contributed by atoms with van der Waals surface area (Å²) in [5.41, 5.74) is 0. The molecule has 2 heteroatoms. The molecular weight excluding hydrogens is 167 g/mol. The third-order valence-electron chi connectivity index (χ3n) is 0.0891. The fourth-order valence-electron chi connectivity index (χ4n) is 0. The number of hydrogen-bond donors (Lipinski definition) is 0. The van der Waals surface area contributed by atoms with Crippen molar-refractivity contribution in [1.29, 1.82) is 0 Å². The van der Waals surface area contributed by atoms with Crippen LogP contribution in [0.5, 0.6) is 0 Å². The van der Waals surface area contributed by atoms with E-state index in [1.165, 1.54) is 0 Å². The number of alkyl halides is 1. The number of carbonyl (C=O) groups excluding carboxylic acids is 1. The van der Waals surface area contributed by atoms with Crippen LogP contribution in [0.1, 0.15) is 0 Å². The molecule has 0 saturated carbocycles. The van der Waals surface area contributed by atoms with Gasteiger partial charge in [0.05, 0.1) is 0 Å². The summed E-state index contributed by atoms with van der Waals surface area (Å²) >= 11 is -0.0700. The molecule has 4 heavy (non-hydrogen) atoms. The van der Waals surface area contributed by atoms with Gasteiger partial charge in [0.25, 0.3) is 0 Å². The zero-order valence-electron chi connectivity index (χ0n) is 2.36. The molecule has 0 unspecified atom stereocenters. The standard InChI is InChI=1S/C2H4IO/c1-3-2-4/h2H,1H3/q-1. The van der Waals surface area contributed by atoms with Crippen molar-refractivity contribution < 1.29 is 26.0 Å². The van der Waals surface area contributed by atoms with Crippen molar-refractivity contribution in [3.63, 3.8) is 0 Å². The van der Waals surface area contributed by atoms with Crippen LogP contribution < -0.4 is 21.2 Å². The van der Waals surface area contributed by atoms with E-state index < -0.39 is 0 Å². The number of halogens is 1. The Morgan fingerprint density at radius 1 is 2.00 bits per heavy atom. The fraction of sp³-hybridized carbons (Fsp3) is 0.500. The topological polar surface area (TPSA) is 17.1 Å². The van der Waals surface area contributed by atoms with Crippen LogP contribution in [0.4, 0.5) is 0 Å². The normalized spacial score (nSPS) is 7.25. The summed E-state index contributed by atoms with van der Waals surface area (Å²) < 4.78 is 0.985. The van der Waals surface area contributed by atoms with Gasteiger partial charge in [0, 0.05) is 0 Å². The van der Waals surface area contributed by atoms with Crippen molar-refractivity contribution in [1.82, 2.24) is 0 Å². The van der Waals surface area contributed by atoms with Gasteiger partial charge in [-0.05, 0) is 0 Å². The molecule has 0 aromatic carbocycles. The molecule has 1 nitrogen and oxygen atoms in total. The zero-order valence-corrected chi connectivity index (χ0v) is 4.52. The van der Waals surface area contributed by atoms with Gasteiger partial charge in [-0.3, -0.25) is 0 Å². The van der Waals surface area contributed by atoms with Crippen LogP contribution >= 0.6 is 0 Å². The van der Waals surface area contributed by atoms with Crippen LogP contribution in [-0.4, -0.2) is 9.22 Å². The summed E-state index contributed by atoms with van der Waals surface area (Å²) in [6, 6.07) is 0. The molecule has 0 radical (unpaired) electrons. The average molecular weight is 171 g/mol. The van der Waals surface area contributed by atoms with E-state index in [1.807, 2.05) is 4.93 Å². The van der Waals surface area contributed by atoms with E-state index in [-0.39, 0.29) is 21.2 Å². The third kappa shape index (κ3) is 2.40. The van der Waals surface area contributed by atoms with E-state index in [0.29, 0.717) is 0 Å². The van der Waals surface area contributed by atoms with E-state index in [2.05, 4.69) is 0 Å². The third-order valence-corrected chi connectivity index (χ3v) is 0.598. The fourth-order valence-corrected chi connectivity index (χ4v) is 0. The van der Waals surface area contributed by atoms with E-state index in [9.17, 15) is 4.79 Å². The Labute approximate surface area is 35.7 Å². The maximum absolute atomic E-state index is 9.22. The molecule has 0 bridgehead atoms. The number of carbonyl (C=O) groups is 1. The Morgan fingerprint density at radius 3 is 2.25 bits per heavy atom. The van der Waals surface area contributed by atoms with E-state index in [0.717, 1.165) is 4.29 Å². The molecular formula is C2H4IO-. The van der Waals surface area contributed by atoms with Crippen molar-refractivity contribution in [2.75, 3.05) is 4.93 Å². The van der Waals surface area contributed by atoms with Gasteiger partial charge < -0.3 is 0 Å². The molecule has 0 spiro atoms. The molecule has 0 heterocycles. The SMILES string of the molecule is C[I-]C=O. The summed E-state index contributed by atoms with van der Waals surface area (Å²) in [7, 11) is 0. The van der Waals surface area contributed by atoms with Gasteiger partial charge in [-0.1, -0.05) is 0 Å². The summed E-state index contributed by atoms with van der Waals surface area (Å²) in [4.78, 5) is 11.1. The summed E-state index contributed by atoms with van der Waals surface area (Å²) in [6.07, 6.45) is 0. The quantitative estimate of drug-likeness (QED) is 0.177. The Bertz CT molecular complexity index is 20.0. The first-order valence-corrected chi connectivity index (χ1v) is 4.24. The van der Waals surface area contributed by atoms with E-state index >= 15 is 0 Å². The predicted octanol–water partition coefficient (Wildman–Crippen LogP) is -3.10. The summed E-state index contributed by atoms with van der Waals surface area (Å²) in [5, 5.41) is 0. The van der Waals surface area contributed by atoms with Gasteiger partial charge in [0.1, 0.15) is 0 Å². The van der Waals surface area contributed by atoms with Crippen LogP contribution in [0.2, 0.25) is 0 Å². The molecule has 0 aromatic heterocycles. The Hall–Kier alpha value is 0.400. The van der Waals surface area contributed by atoms with Crippen LogP contribution in [-0.2, 0) is 4.79 Å². The molecule has 26 valence electrons.